The van der Waals surface area contributed by atoms with E-state index in [2.05, 4.69) is 0 Å². The van der Waals surface area contributed by atoms with Crippen LogP contribution in [-0.2, 0) is 6.54 Å². The Balaban J connectivity index is 1.87. The number of hydrogen-bond donors (Lipinski definition) is 1. The van der Waals surface area contributed by atoms with Crippen LogP contribution in [0.4, 0.5) is 0 Å². The minimum absolute atomic E-state index is 0.265. The molecule has 22 heavy (non-hydrogen) atoms. The van der Waals surface area contributed by atoms with E-state index in [9.17, 15) is 9.59 Å². The first-order valence-electron chi connectivity index (χ1n) is 7.97. The van der Waals surface area contributed by atoms with Gasteiger partial charge >= 0.3 is 5.76 Å². The van der Waals surface area contributed by atoms with Crippen LogP contribution < -0.4 is 11.3 Å². The highest BCUT2D eigenvalue weighted by atomic mass is 16.4. The zero-order chi connectivity index (χ0) is 15.8. The van der Waals surface area contributed by atoms with Crippen molar-refractivity contribution in [1.29, 1.82) is 0 Å². The minimum Gasteiger partial charge on any atom is -0.409 e. The summed E-state index contributed by atoms with van der Waals surface area (Å²) < 4.78 is 6.37. The van der Waals surface area contributed by atoms with Crippen molar-refractivity contribution in [3.63, 3.8) is 0 Å². The summed E-state index contributed by atoms with van der Waals surface area (Å²) in [5.41, 5.74) is 0.0763. The molecule has 1 N–H and O–H groups in total. The van der Waals surface area contributed by atoms with Crippen LogP contribution in [0.1, 0.15) is 44.9 Å². The molecule has 0 atom stereocenters. The highest BCUT2D eigenvalue weighted by Gasteiger charge is 2.08. The SMILES string of the molecule is O=c1oc2ccccc2c(=O)n1CCCCCCCCCO. The topological polar surface area (TPSA) is 72.4 Å². The second-order valence-electron chi connectivity index (χ2n) is 5.52. The average Bonchev–Trinajstić information content (AvgIpc) is 2.52. The van der Waals surface area contributed by atoms with Gasteiger partial charge in [-0.25, -0.2) is 9.36 Å². The van der Waals surface area contributed by atoms with Gasteiger partial charge in [0.2, 0.25) is 0 Å². The van der Waals surface area contributed by atoms with Crippen LogP contribution in [0.3, 0.4) is 0 Å². The lowest BCUT2D eigenvalue weighted by molar-refractivity contribution is 0.282. The number of aliphatic hydroxyl groups is 1. The Hall–Kier alpha value is -1.88. The van der Waals surface area contributed by atoms with Crippen molar-refractivity contribution in [2.24, 2.45) is 0 Å². The Labute approximate surface area is 129 Å². The molecule has 0 aliphatic heterocycles. The lowest BCUT2D eigenvalue weighted by Crippen LogP contribution is -2.32. The molecule has 0 aliphatic rings. The van der Waals surface area contributed by atoms with E-state index in [4.69, 9.17) is 9.52 Å². The van der Waals surface area contributed by atoms with E-state index in [1.165, 1.54) is 4.57 Å². The van der Waals surface area contributed by atoms with E-state index in [1.54, 1.807) is 24.3 Å². The predicted octanol–water partition coefficient (Wildman–Crippen LogP) is 2.68. The molecule has 0 saturated heterocycles. The largest absolute Gasteiger partial charge is 0.422 e. The molecule has 2 aromatic rings. The van der Waals surface area contributed by atoms with Gasteiger partial charge < -0.3 is 9.52 Å². The molecule has 0 saturated carbocycles. The van der Waals surface area contributed by atoms with Gasteiger partial charge in [0.1, 0.15) is 5.58 Å². The summed E-state index contributed by atoms with van der Waals surface area (Å²) in [6.45, 7) is 0.670. The number of para-hydroxylation sites is 1. The molecular formula is C17H23NO4. The van der Waals surface area contributed by atoms with Crippen molar-refractivity contribution >= 4 is 11.0 Å². The monoisotopic (exact) mass is 305 g/mol. The molecule has 5 heteroatoms. The Bertz CT molecular complexity index is 702. The quantitative estimate of drug-likeness (QED) is 0.723. The molecule has 0 fully saturated rings. The van der Waals surface area contributed by atoms with Crippen LogP contribution >= 0.6 is 0 Å². The summed E-state index contributed by atoms with van der Waals surface area (Å²) in [5.74, 6) is -0.577. The third kappa shape index (κ3) is 4.31. The van der Waals surface area contributed by atoms with Gasteiger partial charge in [-0.3, -0.25) is 4.79 Å². The van der Waals surface area contributed by atoms with Gasteiger partial charge in [0.25, 0.3) is 5.56 Å². The fourth-order valence-electron chi connectivity index (χ4n) is 2.57. The molecule has 5 nitrogen and oxygen atoms in total. The first kappa shape index (κ1) is 16.5. The van der Waals surface area contributed by atoms with Gasteiger partial charge in [0.05, 0.1) is 5.39 Å². The number of unbranched alkanes of at least 4 members (excludes halogenated alkanes) is 6. The molecule has 1 heterocycles. The lowest BCUT2D eigenvalue weighted by atomic mass is 10.1. The standard InChI is InChI=1S/C17H23NO4/c19-13-9-5-3-1-2-4-8-12-18-16(20)14-10-6-7-11-15(14)22-17(18)21/h6-7,10-11,19H,1-5,8-9,12-13H2. The molecule has 120 valence electrons. The zero-order valence-electron chi connectivity index (χ0n) is 12.8. The summed E-state index contributed by atoms with van der Waals surface area (Å²) in [6.07, 6.45) is 7.04. The number of aromatic nitrogens is 1. The smallest absolute Gasteiger partial charge is 0.409 e. The summed E-state index contributed by atoms with van der Waals surface area (Å²) in [5, 5.41) is 9.14. The molecule has 1 aromatic heterocycles. The molecule has 2 rings (SSSR count). The minimum atomic E-state index is -0.577. The van der Waals surface area contributed by atoms with E-state index in [1.807, 2.05) is 0 Å². The Kier molecular flexibility index (Phi) is 6.40. The molecule has 0 bridgehead atoms. The maximum Gasteiger partial charge on any atom is 0.422 e. The number of hydrogen-bond acceptors (Lipinski definition) is 4. The van der Waals surface area contributed by atoms with Gasteiger partial charge in [-0.1, -0.05) is 44.2 Å². The number of rotatable bonds is 9. The van der Waals surface area contributed by atoms with Crippen molar-refractivity contribution in [2.45, 2.75) is 51.5 Å². The van der Waals surface area contributed by atoms with Crippen molar-refractivity contribution in [3.8, 4) is 0 Å². The molecule has 0 spiro atoms. The molecule has 0 unspecified atom stereocenters. The fraction of sp³-hybridized carbons (Fsp3) is 0.529. The summed E-state index contributed by atoms with van der Waals surface area (Å²) in [6, 6.07) is 6.82. The van der Waals surface area contributed by atoms with Crippen molar-refractivity contribution in [1.82, 2.24) is 4.57 Å². The first-order valence-corrected chi connectivity index (χ1v) is 7.97. The van der Waals surface area contributed by atoms with Gasteiger partial charge in [-0.05, 0) is 25.0 Å². The Morgan fingerprint density at radius 2 is 1.55 bits per heavy atom. The third-order valence-electron chi connectivity index (χ3n) is 3.82. The van der Waals surface area contributed by atoms with Crippen LogP contribution in [0, 0.1) is 0 Å². The normalized spacial score (nSPS) is 11.1. The van der Waals surface area contributed by atoms with Gasteiger partial charge in [0, 0.05) is 13.2 Å². The van der Waals surface area contributed by atoms with Crippen molar-refractivity contribution in [2.75, 3.05) is 6.61 Å². The number of aliphatic hydroxyl groups excluding tert-OH is 1. The van der Waals surface area contributed by atoms with Crippen molar-refractivity contribution in [3.05, 3.63) is 45.2 Å². The number of nitrogens with zero attached hydrogens (tertiary/aromatic N) is 1. The van der Waals surface area contributed by atoms with E-state index in [-0.39, 0.29) is 12.2 Å². The van der Waals surface area contributed by atoms with Crippen LogP contribution in [0.5, 0.6) is 0 Å². The van der Waals surface area contributed by atoms with Gasteiger partial charge in [-0.2, -0.15) is 0 Å². The highest BCUT2D eigenvalue weighted by molar-refractivity contribution is 5.74. The van der Waals surface area contributed by atoms with E-state index >= 15 is 0 Å². The summed E-state index contributed by atoms with van der Waals surface area (Å²) >= 11 is 0. The molecule has 0 aliphatic carbocycles. The summed E-state index contributed by atoms with van der Waals surface area (Å²) in [4.78, 5) is 24.1. The van der Waals surface area contributed by atoms with E-state index in [0.717, 1.165) is 44.9 Å². The second-order valence-corrected chi connectivity index (χ2v) is 5.52. The Morgan fingerprint density at radius 1 is 0.909 bits per heavy atom. The average molecular weight is 305 g/mol. The molecule has 0 amide bonds. The molecule has 0 radical (unpaired) electrons. The summed E-state index contributed by atoms with van der Waals surface area (Å²) in [7, 11) is 0. The van der Waals surface area contributed by atoms with E-state index < -0.39 is 5.76 Å². The van der Waals surface area contributed by atoms with Crippen molar-refractivity contribution < 1.29 is 9.52 Å². The van der Waals surface area contributed by atoms with Crippen LogP contribution in [-0.4, -0.2) is 16.3 Å². The van der Waals surface area contributed by atoms with Gasteiger partial charge in [0.15, 0.2) is 0 Å². The van der Waals surface area contributed by atoms with Crippen LogP contribution in [0.15, 0.2) is 38.3 Å². The van der Waals surface area contributed by atoms with E-state index in [0.29, 0.717) is 17.5 Å². The molecule has 1 aromatic carbocycles. The lowest BCUT2D eigenvalue weighted by Gasteiger charge is -2.05. The predicted molar refractivity (Wildman–Crippen MR) is 86.1 cm³/mol. The van der Waals surface area contributed by atoms with Crippen LogP contribution in [0.25, 0.3) is 11.0 Å². The first-order chi connectivity index (χ1) is 10.7. The maximum atomic E-state index is 12.3. The zero-order valence-corrected chi connectivity index (χ0v) is 12.8. The Morgan fingerprint density at radius 3 is 2.27 bits per heavy atom. The highest BCUT2D eigenvalue weighted by Crippen LogP contribution is 2.08. The second kappa shape index (κ2) is 8.54. The molecular weight excluding hydrogens is 282 g/mol. The fourth-order valence-corrected chi connectivity index (χ4v) is 2.57. The van der Waals surface area contributed by atoms with Crippen LogP contribution in [0.2, 0.25) is 0 Å². The third-order valence-corrected chi connectivity index (χ3v) is 3.82. The number of fused-ring (bicyclic) bond motifs is 1. The van der Waals surface area contributed by atoms with Gasteiger partial charge in [-0.15, -0.1) is 0 Å². The number of benzene rings is 1. The maximum absolute atomic E-state index is 12.3.